The van der Waals surface area contributed by atoms with E-state index in [-0.39, 0.29) is 24.5 Å². The summed E-state index contributed by atoms with van der Waals surface area (Å²) in [7, 11) is 0. The second kappa shape index (κ2) is 4.09. The molecule has 3 heteroatoms. The van der Waals surface area contributed by atoms with E-state index in [0.29, 0.717) is 5.92 Å². The maximum atomic E-state index is 11.7. The molecular formula is C10H19NO2. The summed E-state index contributed by atoms with van der Waals surface area (Å²) in [4.78, 5) is 13.5. The molecule has 0 aromatic rings. The third-order valence-electron chi connectivity index (χ3n) is 2.85. The van der Waals surface area contributed by atoms with Crippen LogP contribution in [-0.4, -0.2) is 35.1 Å². The summed E-state index contributed by atoms with van der Waals surface area (Å²) in [6.45, 7) is 6.80. The number of hydrogen-bond acceptors (Lipinski definition) is 2. The van der Waals surface area contributed by atoms with Crippen molar-refractivity contribution < 1.29 is 9.90 Å². The Morgan fingerprint density at radius 1 is 1.62 bits per heavy atom. The molecule has 1 rings (SSSR count). The molecule has 0 spiro atoms. The first-order valence-corrected chi connectivity index (χ1v) is 4.99. The van der Waals surface area contributed by atoms with Crippen LogP contribution in [0.4, 0.5) is 0 Å². The van der Waals surface area contributed by atoms with Crippen molar-refractivity contribution >= 4 is 5.91 Å². The summed E-state index contributed by atoms with van der Waals surface area (Å²) in [6, 6.07) is 0.0508. The van der Waals surface area contributed by atoms with Gasteiger partial charge >= 0.3 is 0 Å². The van der Waals surface area contributed by atoms with E-state index < -0.39 is 0 Å². The minimum Gasteiger partial charge on any atom is -0.394 e. The number of aliphatic hydroxyl groups is 1. The van der Waals surface area contributed by atoms with Crippen LogP contribution in [0.5, 0.6) is 0 Å². The zero-order valence-electron chi connectivity index (χ0n) is 8.66. The van der Waals surface area contributed by atoms with Crippen molar-refractivity contribution in [1.29, 1.82) is 0 Å². The Kier molecular flexibility index (Phi) is 3.31. The summed E-state index contributed by atoms with van der Waals surface area (Å²) in [5, 5.41) is 9.14. The van der Waals surface area contributed by atoms with E-state index in [1.807, 2.05) is 18.7 Å². The highest BCUT2D eigenvalue weighted by atomic mass is 16.3. The zero-order chi connectivity index (χ0) is 10.0. The molecule has 1 heterocycles. The molecule has 1 N–H and O–H groups in total. The van der Waals surface area contributed by atoms with Crippen LogP contribution in [0, 0.1) is 11.8 Å². The molecular weight excluding hydrogens is 166 g/mol. The van der Waals surface area contributed by atoms with Crippen molar-refractivity contribution in [2.24, 2.45) is 11.8 Å². The van der Waals surface area contributed by atoms with Gasteiger partial charge in [-0.15, -0.1) is 0 Å². The minimum absolute atomic E-state index is 0.0411. The standard InChI is InChI=1S/C10H19NO2/c1-7(2)10(13)11-5-4-8(3)9(11)6-12/h7-9,12H,4-6H2,1-3H3. The number of aliphatic hydroxyl groups excluding tert-OH is 1. The van der Waals surface area contributed by atoms with Crippen molar-refractivity contribution in [2.45, 2.75) is 33.2 Å². The fraction of sp³-hybridized carbons (Fsp3) is 0.900. The maximum Gasteiger partial charge on any atom is 0.225 e. The number of nitrogens with zero attached hydrogens (tertiary/aromatic N) is 1. The normalized spacial score (nSPS) is 28.5. The van der Waals surface area contributed by atoms with Crippen LogP contribution >= 0.6 is 0 Å². The lowest BCUT2D eigenvalue weighted by molar-refractivity contribution is -0.136. The summed E-state index contributed by atoms with van der Waals surface area (Å²) in [6.07, 6.45) is 1.02. The van der Waals surface area contributed by atoms with Crippen molar-refractivity contribution in [2.75, 3.05) is 13.2 Å². The summed E-state index contributed by atoms with van der Waals surface area (Å²) >= 11 is 0. The first-order chi connectivity index (χ1) is 6.07. The van der Waals surface area contributed by atoms with E-state index in [1.165, 1.54) is 0 Å². The fourth-order valence-corrected chi connectivity index (χ4v) is 1.89. The van der Waals surface area contributed by atoms with Crippen LogP contribution in [-0.2, 0) is 4.79 Å². The second-order valence-corrected chi connectivity index (χ2v) is 4.20. The van der Waals surface area contributed by atoms with Crippen molar-refractivity contribution in [3.63, 3.8) is 0 Å². The van der Waals surface area contributed by atoms with Crippen LogP contribution in [0.25, 0.3) is 0 Å². The van der Waals surface area contributed by atoms with Crippen LogP contribution < -0.4 is 0 Å². The van der Waals surface area contributed by atoms with Gasteiger partial charge in [0.25, 0.3) is 0 Å². The second-order valence-electron chi connectivity index (χ2n) is 4.20. The molecule has 1 amide bonds. The summed E-state index contributed by atoms with van der Waals surface area (Å²) in [5.74, 6) is 0.649. The number of amides is 1. The van der Waals surface area contributed by atoms with E-state index in [1.54, 1.807) is 0 Å². The van der Waals surface area contributed by atoms with Gasteiger partial charge in [-0.05, 0) is 12.3 Å². The Hall–Kier alpha value is -0.570. The highest BCUT2D eigenvalue weighted by molar-refractivity contribution is 5.78. The molecule has 1 aliphatic heterocycles. The Labute approximate surface area is 79.7 Å². The van der Waals surface area contributed by atoms with E-state index in [4.69, 9.17) is 5.11 Å². The average Bonchev–Trinajstić information content (AvgIpc) is 2.45. The Morgan fingerprint density at radius 2 is 2.23 bits per heavy atom. The van der Waals surface area contributed by atoms with Gasteiger partial charge < -0.3 is 10.0 Å². The van der Waals surface area contributed by atoms with Crippen LogP contribution in [0.1, 0.15) is 27.2 Å². The van der Waals surface area contributed by atoms with Crippen molar-refractivity contribution in [3.05, 3.63) is 0 Å². The van der Waals surface area contributed by atoms with E-state index >= 15 is 0 Å². The third-order valence-corrected chi connectivity index (χ3v) is 2.85. The van der Waals surface area contributed by atoms with Gasteiger partial charge in [0.2, 0.25) is 5.91 Å². The smallest absolute Gasteiger partial charge is 0.225 e. The molecule has 3 nitrogen and oxygen atoms in total. The number of rotatable bonds is 2. The van der Waals surface area contributed by atoms with Crippen molar-refractivity contribution in [1.82, 2.24) is 4.90 Å². The molecule has 0 aromatic carbocycles. The molecule has 1 saturated heterocycles. The molecule has 0 aromatic heterocycles. The average molecular weight is 185 g/mol. The first kappa shape index (κ1) is 10.5. The first-order valence-electron chi connectivity index (χ1n) is 4.99. The largest absolute Gasteiger partial charge is 0.394 e. The number of hydrogen-bond donors (Lipinski definition) is 1. The summed E-state index contributed by atoms with van der Waals surface area (Å²) in [5.41, 5.74) is 0. The van der Waals surface area contributed by atoms with Crippen LogP contribution in [0.3, 0.4) is 0 Å². The SMILES string of the molecule is CC(C)C(=O)N1CCC(C)C1CO. The Morgan fingerprint density at radius 3 is 2.69 bits per heavy atom. The maximum absolute atomic E-state index is 11.7. The third kappa shape index (κ3) is 2.02. The highest BCUT2D eigenvalue weighted by Crippen LogP contribution is 2.24. The highest BCUT2D eigenvalue weighted by Gasteiger charge is 2.34. The van der Waals surface area contributed by atoms with E-state index in [0.717, 1.165) is 13.0 Å². The predicted molar refractivity (Wildman–Crippen MR) is 51.2 cm³/mol. The van der Waals surface area contributed by atoms with Crippen molar-refractivity contribution in [3.8, 4) is 0 Å². The number of carbonyl (C=O) groups excluding carboxylic acids is 1. The molecule has 0 saturated carbocycles. The van der Waals surface area contributed by atoms with Gasteiger partial charge in [-0.1, -0.05) is 20.8 Å². The Balaban J connectivity index is 2.65. The molecule has 13 heavy (non-hydrogen) atoms. The molecule has 1 fully saturated rings. The van der Waals surface area contributed by atoms with Gasteiger partial charge in [-0.2, -0.15) is 0 Å². The molecule has 2 atom stereocenters. The van der Waals surface area contributed by atoms with Gasteiger partial charge in [0, 0.05) is 12.5 Å². The molecule has 0 radical (unpaired) electrons. The zero-order valence-corrected chi connectivity index (χ0v) is 8.66. The molecule has 76 valence electrons. The fourth-order valence-electron chi connectivity index (χ4n) is 1.89. The quantitative estimate of drug-likeness (QED) is 0.693. The van der Waals surface area contributed by atoms with E-state index in [2.05, 4.69) is 6.92 Å². The molecule has 0 bridgehead atoms. The van der Waals surface area contributed by atoms with E-state index in [9.17, 15) is 4.79 Å². The van der Waals surface area contributed by atoms with Gasteiger partial charge in [0.1, 0.15) is 0 Å². The molecule has 0 aliphatic carbocycles. The lowest BCUT2D eigenvalue weighted by Crippen LogP contribution is -2.41. The topological polar surface area (TPSA) is 40.5 Å². The lowest BCUT2D eigenvalue weighted by atomic mass is 10.0. The van der Waals surface area contributed by atoms with Gasteiger partial charge in [0.15, 0.2) is 0 Å². The monoisotopic (exact) mass is 185 g/mol. The Bertz CT molecular complexity index is 191. The predicted octanol–water partition coefficient (Wildman–Crippen LogP) is 0.872. The minimum atomic E-state index is 0.0411. The lowest BCUT2D eigenvalue weighted by Gasteiger charge is -2.26. The number of carbonyl (C=O) groups is 1. The van der Waals surface area contributed by atoms with Gasteiger partial charge in [0.05, 0.1) is 12.6 Å². The number of likely N-dealkylation sites (tertiary alicyclic amines) is 1. The van der Waals surface area contributed by atoms with Gasteiger partial charge in [-0.25, -0.2) is 0 Å². The van der Waals surface area contributed by atoms with Gasteiger partial charge in [-0.3, -0.25) is 4.79 Å². The molecule has 1 aliphatic rings. The summed E-state index contributed by atoms with van der Waals surface area (Å²) < 4.78 is 0. The van der Waals surface area contributed by atoms with Crippen LogP contribution in [0.2, 0.25) is 0 Å². The molecule has 2 unspecified atom stereocenters. The van der Waals surface area contributed by atoms with Crippen LogP contribution in [0.15, 0.2) is 0 Å².